The van der Waals surface area contributed by atoms with Crippen molar-refractivity contribution in [3.63, 3.8) is 0 Å². The SMILES string of the molecule is C=C[C@@]12C(=O)N(C)[C@H]3[C@@H](CO)[C@H]1C=CC1(C(=O)N(COC)c4ccccc41)[C@@H]32. The standard InChI is InChI=1S/C22H24N2O4/c1-4-21-14-9-10-22(18(21)17(13(14)11-25)23(2)19(21)26)15-7-5-6-8-16(15)24(12-28-3)20(22)27/h4-10,13-14,17-18,25H,1,11-12H2,2-3H3/t13-,14+,17-,18-,21+,22?/m0/s1. The number of nitrogens with zero attached hydrogens (tertiary/aromatic N) is 2. The molecule has 2 aliphatic heterocycles. The number of amides is 2. The first kappa shape index (κ1) is 17.6. The third-order valence-electron chi connectivity index (χ3n) is 7.55. The molecule has 5 rings (SSSR count). The highest BCUT2D eigenvalue weighted by atomic mass is 16.5. The van der Waals surface area contributed by atoms with Crippen LogP contribution < -0.4 is 4.90 Å². The number of allylic oxidation sites excluding steroid dienone is 1. The van der Waals surface area contributed by atoms with Gasteiger partial charge in [0.05, 0.1) is 11.1 Å². The van der Waals surface area contributed by atoms with Gasteiger partial charge in [0.25, 0.3) is 0 Å². The Morgan fingerprint density at radius 3 is 2.71 bits per heavy atom. The number of hydrogen-bond donors (Lipinski definition) is 1. The molecule has 4 aliphatic rings. The van der Waals surface area contributed by atoms with E-state index in [4.69, 9.17) is 4.74 Å². The van der Waals surface area contributed by atoms with Crippen LogP contribution in [-0.4, -0.2) is 55.4 Å². The van der Waals surface area contributed by atoms with Gasteiger partial charge in [-0.3, -0.25) is 14.5 Å². The molecule has 2 aliphatic carbocycles. The van der Waals surface area contributed by atoms with Gasteiger partial charge >= 0.3 is 0 Å². The minimum Gasteiger partial charge on any atom is -0.396 e. The zero-order chi connectivity index (χ0) is 19.8. The number of ether oxygens (including phenoxy) is 1. The lowest BCUT2D eigenvalue weighted by atomic mass is 9.56. The van der Waals surface area contributed by atoms with Crippen molar-refractivity contribution in [2.45, 2.75) is 11.5 Å². The smallest absolute Gasteiger partial charge is 0.243 e. The Morgan fingerprint density at radius 2 is 2.04 bits per heavy atom. The third kappa shape index (κ3) is 1.60. The monoisotopic (exact) mass is 380 g/mol. The number of aliphatic hydroxyl groups excluding tert-OH is 1. The Kier molecular flexibility index (Phi) is 3.50. The third-order valence-corrected chi connectivity index (χ3v) is 7.55. The molecule has 1 unspecified atom stereocenters. The zero-order valence-corrected chi connectivity index (χ0v) is 16.0. The molecule has 146 valence electrons. The molecule has 2 heterocycles. The number of likely N-dealkylation sites (tertiary alicyclic amines) is 1. The predicted molar refractivity (Wildman–Crippen MR) is 103 cm³/mol. The van der Waals surface area contributed by atoms with Crippen molar-refractivity contribution >= 4 is 17.5 Å². The number of carbonyl (C=O) groups is 2. The summed E-state index contributed by atoms with van der Waals surface area (Å²) in [6.07, 6.45) is 5.70. The molecular weight excluding hydrogens is 356 g/mol. The molecule has 1 aromatic carbocycles. The topological polar surface area (TPSA) is 70.1 Å². The molecular formula is C22H24N2O4. The van der Waals surface area contributed by atoms with E-state index >= 15 is 0 Å². The van der Waals surface area contributed by atoms with E-state index in [1.54, 1.807) is 30.0 Å². The Balaban J connectivity index is 1.80. The number of para-hydroxylation sites is 1. The summed E-state index contributed by atoms with van der Waals surface area (Å²) < 4.78 is 5.32. The van der Waals surface area contributed by atoms with E-state index in [1.165, 1.54) is 0 Å². The fourth-order valence-corrected chi connectivity index (χ4v) is 6.64. The molecule has 6 heteroatoms. The van der Waals surface area contributed by atoms with Crippen LogP contribution >= 0.6 is 0 Å². The highest BCUT2D eigenvalue weighted by Crippen LogP contribution is 2.70. The number of fused-ring (bicyclic) bond motifs is 2. The quantitative estimate of drug-likeness (QED) is 0.800. The van der Waals surface area contributed by atoms with E-state index in [0.29, 0.717) is 0 Å². The molecule has 28 heavy (non-hydrogen) atoms. The van der Waals surface area contributed by atoms with Crippen LogP contribution in [0.1, 0.15) is 5.56 Å². The molecule has 1 saturated heterocycles. The van der Waals surface area contributed by atoms with Crippen molar-refractivity contribution in [3.8, 4) is 0 Å². The summed E-state index contributed by atoms with van der Waals surface area (Å²) in [7, 11) is 3.35. The summed E-state index contributed by atoms with van der Waals surface area (Å²) in [6, 6.07) is 7.50. The molecule has 1 N–H and O–H groups in total. The average molecular weight is 380 g/mol. The van der Waals surface area contributed by atoms with Crippen LogP contribution in [0, 0.1) is 23.2 Å². The summed E-state index contributed by atoms with van der Waals surface area (Å²) in [5.41, 5.74) is -0.129. The first-order chi connectivity index (χ1) is 13.5. The van der Waals surface area contributed by atoms with Gasteiger partial charge in [0.15, 0.2) is 0 Å². The molecule has 6 nitrogen and oxygen atoms in total. The Morgan fingerprint density at radius 1 is 1.29 bits per heavy atom. The number of hydrogen-bond acceptors (Lipinski definition) is 4. The predicted octanol–water partition coefficient (Wildman–Crippen LogP) is 1.31. The van der Waals surface area contributed by atoms with Crippen molar-refractivity contribution in [1.29, 1.82) is 0 Å². The largest absolute Gasteiger partial charge is 0.396 e. The van der Waals surface area contributed by atoms with E-state index < -0.39 is 10.8 Å². The average Bonchev–Trinajstić information content (AvgIpc) is 3.17. The van der Waals surface area contributed by atoms with Crippen molar-refractivity contribution in [2.75, 3.05) is 32.4 Å². The van der Waals surface area contributed by atoms with Crippen LogP contribution in [0.4, 0.5) is 5.69 Å². The molecule has 0 radical (unpaired) electrons. The van der Waals surface area contributed by atoms with Crippen LogP contribution in [0.25, 0.3) is 0 Å². The number of methoxy groups -OCH3 is 1. The van der Waals surface area contributed by atoms with Gasteiger partial charge < -0.3 is 14.7 Å². The number of piperidine rings is 1. The maximum absolute atomic E-state index is 13.9. The second kappa shape index (κ2) is 5.55. The van der Waals surface area contributed by atoms with Gasteiger partial charge in [-0.25, -0.2) is 0 Å². The minimum absolute atomic E-state index is 0.00797. The number of rotatable bonds is 4. The molecule has 1 aromatic rings. The molecule has 2 fully saturated rings. The Labute approximate surface area is 164 Å². The maximum atomic E-state index is 13.9. The van der Waals surface area contributed by atoms with Crippen molar-refractivity contribution in [2.24, 2.45) is 23.2 Å². The first-order valence-corrected chi connectivity index (χ1v) is 9.62. The van der Waals surface area contributed by atoms with Gasteiger partial charge in [0, 0.05) is 44.6 Å². The minimum atomic E-state index is -0.963. The fourth-order valence-electron chi connectivity index (χ4n) is 6.64. The van der Waals surface area contributed by atoms with Gasteiger partial charge in [-0.1, -0.05) is 36.4 Å². The normalized spacial score (nSPS) is 40.0. The molecule has 6 atom stereocenters. The summed E-state index contributed by atoms with van der Waals surface area (Å²) in [5.74, 6) is -0.647. The number of aliphatic hydroxyl groups is 1. The highest BCUT2D eigenvalue weighted by molar-refractivity contribution is 6.11. The van der Waals surface area contributed by atoms with Gasteiger partial charge in [0.2, 0.25) is 11.8 Å². The summed E-state index contributed by atoms with van der Waals surface area (Å²) in [5, 5.41) is 10.2. The zero-order valence-electron chi connectivity index (χ0n) is 16.0. The van der Waals surface area contributed by atoms with Crippen LogP contribution in [0.3, 0.4) is 0 Å². The van der Waals surface area contributed by atoms with Crippen LogP contribution in [0.15, 0.2) is 49.1 Å². The summed E-state index contributed by atoms with van der Waals surface area (Å²) >= 11 is 0. The van der Waals surface area contributed by atoms with Gasteiger partial charge in [0.1, 0.15) is 12.1 Å². The number of anilines is 1. The first-order valence-electron chi connectivity index (χ1n) is 9.62. The fraction of sp³-hybridized carbons (Fsp3) is 0.455. The highest BCUT2D eigenvalue weighted by Gasteiger charge is 2.78. The van der Waals surface area contributed by atoms with Crippen molar-refractivity contribution in [1.82, 2.24) is 4.90 Å². The molecule has 1 saturated carbocycles. The number of benzene rings is 1. The van der Waals surface area contributed by atoms with Crippen LogP contribution in [0.2, 0.25) is 0 Å². The second-order valence-corrected chi connectivity index (χ2v) is 8.29. The van der Waals surface area contributed by atoms with E-state index in [2.05, 4.69) is 6.58 Å². The van der Waals surface area contributed by atoms with Gasteiger partial charge in [-0.05, 0) is 11.6 Å². The van der Waals surface area contributed by atoms with E-state index in [9.17, 15) is 14.7 Å². The summed E-state index contributed by atoms with van der Waals surface area (Å²) in [4.78, 5) is 30.6. The van der Waals surface area contributed by atoms with Crippen LogP contribution in [0.5, 0.6) is 0 Å². The lowest BCUT2D eigenvalue weighted by molar-refractivity contribution is -0.141. The van der Waals surface area contributed by atoms with Gasteiger partial charge in [-0.15, -0.1) is 6.58 Å². The molecule has 1 spiro atoms. The summed E-state index contributed by atoms with van der Waals surface area (Å²) in [6.45, 7) is 4.15. The van der Waals surface area contributed by atoms with E-state index in [0.717, 1.165) is 11.3 Å². The van der Waals surface area contributed by atoms with Crippen molar-refractivity contribution < 1.29 is 19.4 Å². The number of carbonyl (C=O) groups excluding carboxylic acids is 2. The molecule has 2 amide bonds. The second-order valence-electron chi connectivity index (χ2n) is 8.29. The van der Waals surface area contributed by atoms with Gasteiger partial charge in [-0.2, -0.15) is 0 Å². The van der Waals surface area contributed by atoms with E-state index in [1.807, 2.05) is 36.4 Å². The van der Waals surface area contributed by atoms with Crippen molar-refractivity contribution in [3.05, 3.63) is 54.6 Å². The lowest BCUT2D eigenvalue weighted by Crippen LogP contribution is -2.53. The lowest BCUT2D eigenvalue weighted by Gasteiger charge is -2.43. The Bertz CT molecular complexity index is 927. The Hall–Kier alpha value is -2.44. The van der Waals surface area contributed by atoms with E-state index in [-0.39, 0.29) is 48.9 Å². The maximum Gasteiger partial charge on any atom is 0.243 e. The molecule has 4 bridgehead atoms. The van der Waals surface area contributed by atoms with Crippen LogP contribution in [-0.2, 0) is 19.7 Å². The molecule has 0 aromatic heterocycles.